The first-order chi connectivity index (χ1) is 12.5. The summed E-state index contributed by atoms with van der Waals surface area (Å²) in [6.07, 6.45) is 1.80. The predicted molar refractivity (Wildman–Crippen MR) is 110 cm³/mol. The van der Waals surface area contributed by atoms with Crippen molar-refractivity contribution in [2.75, 3.05) is 31.1 Å². The molecule has 1 heterocycles. The number of ether oxygens (including phenoxy) is 1. The zero-order valence-electron chi connectivity index (χ0n) is 15.2. The van der Waals surface area contributed by atoms with Crippen molar-refractivity contribution in [3.63, 3.8) is 0 Å². The average Bonchev–Trinajstić information content (AvgIpc) is 2.89. The highest BCUT2D eigenvalue weighted by atomic mass is 32.2. The fraction of sp³-hybridized carbons (Fsp3) is 0.389. The number of hydrazine groups is 1. The molecule has 0 radical (unpaired) electrons. The van der Waals surface area contributed by atoms with Crippen molar-refractivity contribution in [3.8, 4) is 0 Å². The Morgan fingerprint density at radius 1 is 1.27 bits per heavy atom. The van der Waals surface area contributed by atoms with E-state index in [4.69, 9.17) is 17.0 Å². The van der Waals surface area contributed by atoms with Crippen molar-refractivity contribution in [2.24, 2.45) is 0 Å². The second-order valence-electron chi connectivity index (χ2n) is 5.42. The number of amides is 1. The van der Waals surface area contributed by atoms with Crippen molar-refractivity contribution in [2.45, 2.75) is 20.8 Å². The molecule has 1 N–H and O–H groups in total. The summed E-state index contributed by atoms with van der Waals surface area (Å²) in [4.78, 5) is 26.7. The average molecular weight is 394 g/mol. The lowest BCUT2D eigenvalue weighted by Gasteiger charge is -2.20. The molecular weight excluding hydrogens is 370 g/mol. The van der Waals surface area contributed by atoms with Crippen LogP contribution >= 0.6 is 24.0 Å². The Hall–Kier alpha value is -1.90. The minimum Gasteiger partial charge on any atom is -0.465 e. The van der Waals surface area contributed by atoms with Crippen LogP contribution in [0.15, 0.2) is 29.2 Å². The molecule has 0 bridgehead atoms. The van der Waals surface area contributed by atoms with Crippen LogP contribution in [0.1, 0.15) is 26.3 Å². The number of thiocarbonyl (C=S) groups is 1. The normalized spacial score (nSPS) is 15.7. The molecule has 0 atom stereocenters. The number of carbonyl (C=O) groups excluding carboxylic acids is 2. The summed E-state index contributed by atoms with van der Waals surface area (Å²) >= 11 is 6.42. The van der Waals surface area contributed by atoms with E-state index in [0.717, 1.165) is 24.3 Å². The van der Waals surface area contributed by atoms with Gasteiger partial charge < -0.3 is 9.64 Å². The van der Waals surface area contributed by atoms with E-state index >= 15 is 0 Å². The van der Waals surface area contributed by atoms with Crippen LogP contribution in [0.5, 0.6) is 0 Å². The smallest absolute Gasteiger partial charge is 0.321 e. The molecule has 1 amide bonds. The maximum absolute atomic E-state index is 12.5. The summed E-state index contributed by atoms with van der Waals surface area (Å²) in [5.41, 5.74) is 4.79. The summed E-state index contributed by atoms with van der Waals surface area (Å²) in [5.74, 6) is -0.699. The Balaban J connectivity index is 2.06. The van der Waals surface area contributed by atoms with Gasteiger partial charge in [-0.15, -0.1) is 0 Å². The van der Waals surface area contributed by atoms with Gasteiger partial charge in [0.15, 0.2) is 4.32 Å². The Morgan fingerprint density at radius 2 is 1.92 bits per heavy atom. The molecule has 0 unspecified atom stereocenters. The van der Waals surface area contributed by atoms with E-state index < -0.39 is 5.97 Å². The Morgan fingerprint density at radius 3 is 2.50 bits per heavy atom. The lowest BCUT2D eigenvalue weighted by atomic mass is 10.1. The third kappa shape index (κ3) is 5.06. The number of hydrogen-bond donors (Lipinski definition) is 1. The molecule has 0 saturated carbocycles. The van der Waals surface area contributed by atoms with Crippen molar-refractivity contribution in [1.82, 2.24) is 10.4 Å². The number of anilines is 1. The minimum absolute atomic E-state index is 0.105. The summed E-state index contributed by atoms with van der Waals surface area (Å²) in [7, 11) is 0. The highest BCUT2D eigenvalue weighted by Crippen LogP contribution is 2.31. The van der Waals surface area contributed by atoms with Gasteiger partial charge in [0.05, 0.1) is 11.5 Å². The second kappa shape index (κ2) is 9.70. The zero-order valence-corrected chi connectivity index (χ0v) is 16.8. The van der Waals surface area contributed by atoms with Crippen LogP contribution in [0.25, 0.3) is 6.08 Å². The standard InChI is InChI=1S/C18H23N3O3S2/c1-4-20(5-2)14-9-7-13(8-10-14)11-15-17(23)21(18(25)26-15)19-12-16(22)24-6-3/h7-11,19H,4-6,12H2,1-3H3/b15-11+. The topological polar surface area (TPSA) is 61.9 Å². The summed E-state index contributed by atoms with van der Waals surface area (Å²) < 4.78 is 5.20. The number of rotatable bonds is 8. The summed E-state index contributed by atoms with van der Waals surface area (Å²) in [5, 5.41) is 1.22. The number of esters is 1. The number of benzene rings is 1. The van der Waals surface area contributed by atoms with E-state index in [0.29, 0.717) is 15.8 Å². The first kappa shape index (κ1) is 20.4. The molecule has 1 aliphatic heterocycles. The van der Waals surface area contributed by atoms with Gasteiger partial charge in [-0.1, -0.05) is 36.1 Å². The molecule has 0 spiro atoms. The molecule has 140 valence electrons. The van der Waals surface area contributed by atoms with Gasteiger partial charge in [0.25, 0.3) is 5.91 Å². The van der Waals surface area contributed by atoms with Gasteiger partial charge in [-0.05, 0) is 44.5 Å². The molecule has 2 rings (SSSR count). The third-order valence-electron chi connectivity index (χ3n) is 3.80. The Bertz CT molecular complexity index is 700. The van der Waals surface area contributed by atoms with Gasteiger partial charge in [-0.2, -0.15) is 0 Å². The van der Waals surface area contributed by atoms with Gasteiger partial charge in [0.2, 0.25) is 0 Å². The van der Waals surface area contributed by atoms with E-state index in [1.54, 1.807) is 13.0 Å². The molecule has 8 heteroatoms. The number of hydrogen-bond acceptors (Lipinski definition) is 7. The van der Waals surface area contributed by atoms with Crippen molar-refractivity contribution in [1.29, 1.82) is 0 Å². The fourth-order valence-corrected chi connectivity index (χ4v) is 3.70. The molecule has 0 aliphatic carbocycles. The van der Waals surface area contributed by atoms with Gasteiger partial charge in [0.1, 0.15) is 6.54 Å². The van der Waals surface area contributed by atoms with Crippen LogP contribution < -0.4 is 10.3 Å². The summed E-state index contributed by atoms with van der Waals surface area (Å²) in [6.45, 7) is 8.04. The third-order valence-corrected chi connectivity index (χ3v) is 5.10. The van der Waals surface area contributed by atoms with E-state index in [1.807, 2.05) is 24.3 Å². The van der Waals surface area contributed by atoms with Gasteiger partial charge in [-0.25, -0.2) is 10.4 Å². The molecule has 1 aliphatic rings. The van der Waals surface area contributed by atoms with Crippen LogP contribution in [-0.4, -0.2) is 47.4 Å². The first-order valence-corrected chi connectivity index (χ1v) is 9.74. The molecule has 1 aromatic rings. The number of nitrogens with one attached hydrogen (secondary N) is 1. The van der Waals surface area contributed by atoms with Crippen LogP contribution in [0.3, 0.4) is 0 Å². The van der Waals surface area contributed by atoms with Crippen LogP contribution in [0, 0.1) is 0 Å². The molecule has 6 nitrogen and oxygen atoms in total. The quantitative estimate of drug-likeness (QED) is 0.414. The number of carbonyl (C=O) groups is 2. The lowest BCUT2D eigenvalue weighted by Crippen LogP contribution is -2.44. The van der Waals surface area contributed by atoms with Crippen molar-refractivity contribution >= 4 is 51.9 Å². The van der Waals surface area contributed by atoms with Crippen LogP contribution in [-0.2, 0) is 14.3 Å². The lowest BCUT2D eigenvalue weighted by molar-refractivity contribution is -0.143. The highest BCUT2D eigenvalue weighted by molar-refractivity contribution is 8.26. The Labute approximate surface area is 163 Å². The fourth-order valence-electron chi connectivity index (χ4n) is 2.48. The van der Waals surface area contributed by atoms with Crippen LogP contribution in [0.4, 0.5) is 5.69 Å². The monoisotopic (exact) mass is 393 g/mol. The maximum Gasteiger partial charge on any atom is 0.321 e. The maximum atomic E-state index is 12.5. The van der Waals surface area contributed by atoms with E-state index in [-0.39, 0.29) is 12.5 Å². The van der Waals surface area contributed by atoms with Gasteiger partial charge in [0, 0.05) is 18.8 Å². The van der Waals surface area contributed by atoms with Crippen molar-refractivity contribution in [3.05, 3.63) is 34.7 Å². The largest absolute Gasteiger partial charge is 0.465 e. The van der Waals surface area contributed by atoms with E-state index in [2.05, 4.69) is 24.2 Å². The molecular formula is C18H23N3O3S2. The number of thioether (sulfide) groups is 1. The molecule has 1 saturated heterocycles. The SMILES string of the molecule is CCOC(=O)CNN1C(=O)/C(=C\c2ccc(N(CC)CC)cc2)SC1=S. The van der Waals surface area contributed by atoms with Gasteiger partial charge >= 0.3 is 5.97 Å². The van der Waals surface area contributed by atoms with E-state index in [9.17, 15) is 9.59 Å². The summed E-state index contributed by atoms with van der Waals surface area (Å²) in [6, 6.07) is 8.04. The first-order valence-electron chi connectivity index (χ1n) is 8.52. The molecule has 26 heavy (non-hydrogen) atoms. The highest BCUT2D eigenvalue weighted by Gasteiger charge is 2.32. The van der Waals surface area contributed by atoms with Crippen LogP contribution in [0.2, 0.25) is 0 Å². The molecule has 1 aromatic carbocycles. The molecule has 1 fully saturated rings. The minimum atomic E-state index is -0.433. The van der Waals surface area contributed by atoms with Gasteiger partial charge in [-0.3, -0.25) is 9.59 Å². The van der Waals surface area contributed by atoms with E-state index in [1.165, 1.54) is 16.8 Å². The predicted octanol–water partition coefficient (Wildman–Crippen LogP) is 2.80. The Kier molecular flexibility index (Phi) is 7.62. The number of nitrogens with zero attached hydrogens (tertiary/aromatic N) is 2. The van der Waals surface area contributed by atoms with Crippen molar-refractivity contribution < 1.29 is 14.3 Å². The zero-order chi connectivity index (χ0) is 19.1. The second-order valence-corrected chi connectivity index (χ2v) is 7.10. The molecule has 0 aromatic heterocycles.